The van der Waals surface area contributed by atoms with Gasteiger partial charge in [0.1, 0.15) is 5.78 Å². The van der Waals surface area contributed by atoms with Crippen LogP contribution in [0.2, 0.25) is 0 Å². The molecule has 1 unspecified atom stereocenters. The van der Waals surface area contributed by atoms with Crippen molar-refractivity contribution in [2.45, 2.75) is 40.0 Å². The summed E-state index contributed by atoms with van der Waals surface area (Å²) in [7, 11) is 0. The van der Waals surface area contributed by atoms with Gasteiger partial charge in [-0.15, -0.1) is 0 Å². The summed E-state index contributed by atoms with van der Waals surface area (Å²) in [6, 6.07) is 0. The number of carboxylic acids is 1. The molecule has 2 saturated carbocycles. The van der Waals surface area contributed by atoms with E-state index in [4.69, 9.17) is 0 Å². The Morgan fingerprint density at radius 2 is 2.11 bits per heavy atom. The molecule has 0 saturated heterocycles. The number of carboxylic acid groups (broad SMARTS) is 1. The van der Waals surface area contributed by atoms with Gasteiger partial charge in [0, 0.05) is 23.3 Å². The van der Waals surface area contributed by atoms with E-state index in [0.717, 1.165) is 12.8 Å². The molecule has 2 fully saturated rings. The van der Waals surface area contributed by atoms with Crippen LogP contribution >= 0.6 is 0 Å². The standard InChI is InChI=1S/C15H20O3/c1-8-6-12(16)15-9(2)10(13(17)18)7-14(15,3)5-4-11(8)15/h7-9,11H,4-6H2,1-3H3,(H,17,18)/t8-,9-,11+,14+,15?/m1/s1. The minimum Gasteiger partial charge on any atom is -0.478 e. The molecule has 0 amide bonds. The molecule has 3 heteroatoms. The maximum Gasteiger partial charge on any atom is 0.331 e. The van der Waals surface area contributed by atoms with Gasteiger partial charge >= 0.3 is 5.97 Å². The highest BCUT2D eigenvalue weighted by Gasteiger charge is 2.71. The smallest absolute Gasteiger partial charge is 0.331 e. The third kappa shape index (κ3) is 1.03. The summed E-state index contributed by atoms with van der Waals surface area (Å²) in [5.74, 6) is 0.102. The van der Waals surface area contributed by atoms with E-state index in [9.17, 15) is 14.7 Å². The molecule has 18 heavy (non-hydrogen) atoms. The lowest BCUT2D eigenvalue weighted by molar-refractivity contribution is -0.135. The zero-order valence-corrected chi connectivity index (χ0v) is 11.2. The topological polar surface area (TPSA) is 54.4 Å². The molecule has 0 aromatic heterocycles. The largest absolute Gasteiger partial charge is 0.478 e. The van der Waals surface area contributed by atoms with Crippen LogP contribution in [0, 0.1) is 28.6 Å². The quantitative estimate of drug-likeness (QED) is 0.776. The molecule has 0 heterocycles. The van der Waals surface area contributed by atoms with Gasteiger partial charge in [-0.1, -0.05) is 26.8 Å². The molecule has 1 N–H and O–H groups in total. The first-order valence-corrected chi connectivity index (χ1v) is 6.84. The molecule has 3 aliphatic rings. The van der Waals surface area contributed by atoms with E-state index in [-0.39, 0.29) is 11.3 Å². The Hall–Kier alpha value is -1.12. The number of carbonyl (C=O) groups excluding carboxylic acids is 1. The molecule has 3 nitrogen and oxygen atoms in total. The monoisotopic (exact) mass is 248 g/mol. The Bertz CT molecular complexity index is 478. The Kier molecular flexibility index (Phi) is 2.16. The first-order valence-electron chi connectivity index (χ1n) is 6.84. The van der Waals surface area contributed by atoms with Crippen molar-refractivity contribution >= 4 is 11.8 Å². The molecule has 1 spiro atoms. The molecule has 3 rings (SSSR count). The summed E-state index contributed by atoms with van der Waals surface area (Å²) in [5.41, 5.74) is -0.183. The van der Waals surface area contributed by atoms with E-state index < -0.39 is 11.4 Å². The molecule has 0 aliphatic heterocycles. The Balaban J connectivity index is 2.18. The summed E-state index contributed by atoms with van der Waals surface area (Å²) in [5, 5.41) is 9.34. The van der Waals surface area contributed by atoms with Crippen LogP contribution in [0.4, 0.5) is 0 Å². The maximum absolute atomic E-state index is 12.6. The normalized spacial score (nSPS) is 50.1. The Labute approximate surface area is 107 Å². The van der Waals surface area contributed by atoms with Crippen molar-refractivity contribution in [3.8, 4) is 0 Å². The second kappa shape index (κ2) is 3.25. The number of rotatable bonds is 1. The van der Waals surface area contributed by atoms with Crippen LogP contribution in [0.3, 0.4) is 0 Å². The third-order valence-electron chi connectivity index (χ3n) is 6.03. The van der Waals surface area contributed by atoms with Crippen molar-refractivity contribution in [2.24, 2.45) is 28.6 Å². The molecule has 0 radical (unpaired) electrons. The molecular formula is C15H20O3. The molecule has 0 aromatic carbocycles. The van der Waals surface area contributed by atoms with Crippen LogP contribution in [0.1, 0.15) is 40.0 Å². The van der Waals surface area contributed by atoms with E-state index >= 15 is 0 Å². The second-order valence-corrected chi connectivity index (χ2v) is 6.66. The first kappa shape index (κ1) is 11.9. The fourth-order valence-corrected chi connectivity index (χ4v) is 5.38. The van der Waals surface area contributed by atoms with E-state index in [2.05, 4.69) is 13.8 Å². The molecule has 98 valence electrons. The first-order chi connectivity index (χ1) is 8.34. The average Bonchev–Trinajstić information content (AvgIpc) is 2.79. The summed E-state index contributed by atoms with van der Waals surface area (Å²) >= 11 is 0. The van der Waals surface area contributed by atoms with Gasteiger partial charge in [0.15, 0.2) is 0 Å². The third-order valence-corrected chi connectivity index (χ3v) is 6.03. The van der Waals surface area contributed by atoms with Crippen LogP contribution in [0.15, 0.2) is 11.6 Å². The van der Waals surface area contributed by atoms with Crippen molar-refractivity contribution in [2.75, 3.05) is 0 Å². The molecule has 0 aromatic rings. The zero-order chi connectivity index (χ0) is 13.3. The van der Waals surface area contributed by atoms with E-state index in [1.807, 2.05) is 13.0 Å². The van der Waals surface area contributed by atoms with E-state index in [1.165, 1.54) is 0 Å². The lowest BCUT2D eigenvalue weighted by Crippen LogP contribution is -2.43. The fourth-order valence-electron chi connectivity index (χ4n) is 5.38. The fraction of sp³-hybridized carbons (Fsp3) is 0.733. The average molecular weight is 248 g/mol. The second-order valence-electron chi connectivity index (χ2n) is 6.66. The predicted octanol–water partition coefficient (Wildman–Crippen LogP) is 2.66. The molecule has 3 aliphatic carbocycles. The van der Waals surface area contributed by atoms with Gasteiger partial charge in [-0.25, -0.2) is 4.79 Å². The number of carbonyl (C=O) groups is 2. The van der Waals surface area contributed by atoms with Crippen LogP contribution in [0.25, 0.3) is 0 Å². The molecule has 0 bridgehead atoms. The van der Waals surface area contributed by atoms with Crippen molar-refractivity contribution in [1.29, 1.82) is 0 Å². The lowest BCUT2D eigenvalue weighted by Gasteiger charge is -2.40. The summed E-state index contributed by atoms with van der Waals surface area (Å²) in [4.78, 5) is 24.0. The van der Waals surface area contributed by atoms with Gasteiger partial charge in [-0.3, -0.25) is 4.79 Å². The minimum atomic E-state index is -0.849. The van der Waals surface area contributed by atoms with Crippen molar-refractivity contribution < 1.29 is 14.7 Å². The highest BCUT2D eigenvalue weighted by atomic mass is 16.4. The number of hydrogen-bond acceptors (Lipinski definition) is 2. The number of ketones is 1. The van der Waals surface area contributed by atoms with Crippen LogP contribution in [0.5, 0.6) is 0 Å². The van der Waals surface area contributed by atoms with Gasteiger partial charge < -0.3 is 5.11 Å². The highest BCUT2D eigenvalue weighted by Crippen LogP contribution is 2.71. The molecular weight excluding hydrogens is 228 g/mol. The van der Waals surface area contributed by atoms with Crippen LogP contribution < -0.4 is 0 Å². The van der Waals surface area contributed by atoms with E-state index in [0.29, 0.717) is 29.6 Å². The number of Topliss-reactive ketones (excluding diaryl/α,β-unsaturated/α-hetero) is 1. The number of hydrogen-bond donors (Lipinski definition) is 1. The van der Waals surface area contributed by atoms with Crippen molar-refractivity contribution in [3.05, 3.63) is 11.6 Å². The summed E-state index contributed by atoms with van der Waals surface area (Å²) in [6.07, 6.45) is 4.55. The van der Waals surface area contributed by atoms with E-state index in [1.54, 1.807) is 0 Å². The lowest BCUT2D eigenvalue weighted by atomic mass is 9.60. The maximum atomic E-state index is 12.6. The van der Waals surface area contributed by atoms with Gasteiger partial charge in [0.05, 0.1) is 0 Å². The van der Waals surface area contributed by atoms with Crippen molar-refractivity contribution in [1.82, 2.24) is 0 Å². The summed E-state index contributed by atoms with van der Waals surface area (Å²) < 4.78 is 0. The zero-order valence-electron chi connectivity index (χ0n) is 11.2. The van der Waals surface area contributed by atoms with Gasteiger partial charge in [0.2, 0.25) is 0 Å². The van der Waals surface area contributed by atoms with Crippen molar-refractivity contribution in [3.63, 3.8) is 0 Å². The van der Waals surface area contributed by atoms with Gasteiger partial charge in [-0.2, -0.15) is 0 Å². The predicted molar refractivity (Wildman–Crippen MR) is 66.9 cm³/mol. The van der Waals surface area contributed by atoms with Crippen LogP contribution in [-0.4, -0.2) is 16.9 Å². The number of aliphatic carboxylic acids is 1. The van der Waals surface area contributed by atoms with Crippen LogP contribution in [-0.2, 0) is 9.59 Å². The summed E-state index contributed by atoms with van der Waals surface area (Å²) in [6.45, 7) is 6.18. The molecule has 5 atom stereocenters. The highest BCUT2D eigenvalue weighted by molar-refractivity contribution is 5.96. The number of allylic oxidation sites excluding steroid dienone is 1. The van der Waals surface area contributed by atoms with Gasteiger partial charge in [-0.05, 0) is 30.1 Å². The Morgan fingerprint density at radius 3 is 2.72 bits per heavy atom. The Morgan fingerprint density at radius 1 is 1.44 bits per heavy atom. The van der Waals surface area contributed by atoms with Gasteiger partial charge in [0.25, 0.3) is 0 Å². The SMILES string of the molecule is C[C@@H]1CC(=O)C23[C@H](C)C(C(=O)O)=C[C@]2(C)CC[C@@H]13. The minimum absolute atomic E-state index is 0.134.